The van der Waals surface area contributed by atoms with Crippen LogP contribution in [0.2, 0.25) is 5.02 Å². The first-order valence-electron chi connectivity index (χ1n) is 8.98. The number of nitrogens with two attached hydrogens (primary N) is 1. The van der Waals surface area contributed by atoms with E-state index in [1.165, 1.54) is 6.92 Å². The van der Waals surface area contributed by atoms with Gasteiger partial charge in [-0.15, -0.1) is 11.3 Å². The smallest absolute Gasteiger partial charge is 0.397 e. The molecule has 11 heteroatoms. The zero-order chi connectivity index (χ0) is 22.3. The number of nitrogens with zero attached hydrogens (tertiary/aromatic N) is 3. The van der Waals surface area contributed by atoms with Crippen LogP contribution in [0.4, 0.5) is 24.7 Å². The van der Waals surface area contributed by atoms with E-state index >= 15 is 0 Å². The molecule has 0 saturated heterocycles. The molecule has 3 heterocycles. The number of pyridine rings is 1. The van der Waals surface area contributed by atoms with Crippen molar-refractivity contribution < 1.29 is 18.0 Å². The third-order valence-electron chi connectivity index (χ3n) is 4.53. The van der Waals surface area contributed by atoms with Crippen LogP contribution >= 0.6 is 22.9 Å². The maximum Gasteiger partial charge on any atom is 0.433 e. The van der Waals surface area contributed by atoms with Crippen LogP contribution < -0.4 is 11.1 Å². The zero-order valence-electron chi connectivity index (χ0n) is 16.0. The minimum atomic E-state index is -4.60. The second-order valence-corrected chi connectivity index (χ2v) is 8.22. The molecule has 3 N–H and O–H groups in total. The fourth-order valence-corrected chi connectivity index (χ4v) is 4.39. The van der Waals surface area contributed by atoms with Crippen molar-refractivity contribution >= 4 is 50.6 Å². The molecular weight excluding hydrogens is 451 g/mol. The van der Waals surface area contributed by atoms with Crippen molar-refractivity contribution in [3.8, 4) is 0 Å². The van der Waals surface area contributed by atoms with Crippen molar-refractivity contribution in [2.75, 3.05) is 11.1 Å². The Kier molecular flexibility index (Phi) is 5.36. The van der Waals surface area contributed by atoms with Crippen LogP contribution in [-0.2, 0) is 12.7 Å². The van der Waals surface area contributed by atoms with Crippen LogP contribution in [0.15, 0.2) is 42.6 Å². The van der Waals surface area contributed by atoms with Gasteiger partial charge in [0.1, 0.15) is 20.4 Å². The van der Waals surface area contributed by atoms with Gasteiger partial charge in [0.2, 0.25) is 0 Å². The number of hydrogen-bond acceptors (Lipinski definition) is 5. The largest absolute Gasteiger partial charge is 0.433 e. The van der Waals surface area contributed by atoms with Crippen molar-refractivity contribution in [3.05, 3.63) is 69.3 Å². The number of rotatable bonds is 4. The van der Waals surface area contributed by atoms with E-state index in [0.29, 0.717) is 11.9 Å². The van der Waals surface area contributed by atoms with E-state index in [9.17, 15) is 18.0 Å². The Morgan fingerprint density at radius 1 is 1.29 bits per heavy atom. The maximum absolute atomic E-state index is 13.1. The van der Waals surface area contributed by atoms with E-state index in [0.717, 1.165) is 23.0 Å². The molecule has 0 saturated carbocycles. The fraction of sp³-hybridized carbons (Fsp3) is 0.150. The lowest BCUT2D eigenvalue weighted by Gasteiger charge is -2.07. The topological polar surface area (TPSA) is 85.8 Å². The molecular formula is C20H15ClF3N5OS. The summed E-state index contributed by atoms with van der Waals surface area (Å²) in [6, 6.07) is 10.5. The average molecular weight is 466 g/mol. The molecule has 0 bridgehead atoms. The molecule has 1 aromatic carbocycles. The number of nitrogens with one attached hydrogen (secondary N) is 1. The molecule has 0 aliphatic carbocycles. The van der Waals surface area contributed by atoms with Gasteiger partial charge in [0.05, 0.1) is 12.2 Å². The van der Waals surface area contributed by atoms with E-state index in [-0.39, 0.29) is 31.8 Å². The maximum atomic E-state index is 13.1. The summed E-state index contributed by atoms with van der Waals surface area (Å²) in [5.74, 6) is -0.500. The Balaban J connectivity index is 1.62. The van der Waals surface area contributed by atoms with Crippen LogP contribution in [0.5, 0.6) is 0 Å². The monoisotopic (exact) mass is 465 g/mol. The number of benzene rings is 1. The number of nitrogen functional groups attached to an aromatic ring is 1. The number of amides is 1. The SMILES string of the molecule is Cc1cc(C(F)(F)F)nc2sc(C(=O)Nc3nn(Cc4ccccc4)cc3Cl)c(N)c12. The summed E-state index contributed by atoms with van der Waals surface area (Å²) in [6.07, 6.45) is -3.03. The highest BCUT2D eigenvalue weighted by atomic mass is 35.5. The van der Waals surface area contributed by atoms with Gasteiger partial charge < -0.3 is 11.1 Å². The Hall–Kier alpha value is -3.11. The van der Waals surface area contributed by atoms with Gasteiger partial charge in [0.25, 0.3) is 5.91 Å². The Morgan fingerprint density at radius 2 is 2.00 bits per heavy atom. The van der Waals surface area contributed by atoms with Gasteiger partial charge >= 0.3 is 6.18 Å². The molecule has 0 aliphatic heterocycles. The summed E-state index contributed by atoms with van der Waals surface area (Å²) in [7, 11) is 0. The molecule has 0 atom stereocenters. The van der Waals surface area contributed by atoms with E-state index in [1.54, 1.807) is 10.9 Å². The third-order valence-corrected chi connectivity index (χ3v) is 5.90. The number of thiophene rings is 1. The van der Waals surface area contributed by atoms with Crippen molar-refractivity contribution in [2.45, 2.75) is 19.6 Å². The number of carbonyl (C=O) groups excluding carboxylic acids is 1. The van der Waals surface area contributed by atoms with Crippen LogP contribution in [-0.4, -0.2) is 20.7 Å². The normalized spacial score (nSPS) is 11.8. The van der Waals surface area contributed by atoms with Crippen LogP contribution in [0.25, 0.3) is 10.2 Å². The van der Waals surface area contributed by atoms with Gasteiger partial charge in [-0.1, -0.05) is 41.9 Å². The predicted octanol–water partition coefficient (Wildman–Crippen LogP) is 5.36. The lowest BCUT2D eigenvalue weighted by molar-refractivity contribution is -0.141. The highest BCUT2D eigenvalue weighted by Crippen LogP contribution is 2.38. The highest BCUT2D eigenvalue weighted by molar-refractivity contribution is 7.21. The first-order valence-corrected chi connectivity index (χ1v) is 10.2. The third kappa shape index (κ3) is 4.21. The number of aromatic nitrogens is 3. The van der Waals surface area contributed by atoms with Gasteiger partial charge in [0.15, 0.2) is 5.82 Å². The van der Waals surface area contributed by atoms with Crippen molar-refractivity contribution in [2.24, 2.45) is 0 Å². The average Bonchev–Trinajstić information content (AvgIpc) is 3.21. The van der Waals surface area contributed by atoms with E-state index in [1.807, 2.05) is 30.3 Å². The highest BCUT2D eigenvalue weighted by Gasteiger charge is 2.34. The summed E-state index contributed by atoms with van der Waals surface area (Å²) in [5.41, 5.74) is 6.38. The minimum absolute atomic E-state index is 0.0377. The van der Waals surface area contributed by atoms with Gasteiger partial charge in [0, 0.05) is 11.6 Å². The molecule has 1 amide bonds. The molecule has 0 radical (unpaired) electrons. The molecule has 160 valence electrons. The molecule has 6 nitrogen and oxygen atoms in total. The number of carbonyl (C=O) groups is 1. The summed E-state index contributed by atoms with van der Waals surface area (Å²) >= 11 is 6.98. The Labute approximate surface area is 183 Å². The minimum Gasteiger partial charge on any atom is -0.397 e. The second-order valence-electron chi connectivity index (χ2n) is 6.81. The van der Waals surface area contributed by atoms with Crippen LogP contribution in [0, 0.1) is 6.92 Å². The Bertz CT molecular complexity index is 1280. The van der Waals surface area contributed by atoms with E-state index < -0.39 is 17.8 Å². The fourth-order valence-electron chi connectivity index (χ4n) is 3.12. The predicted molar refractivity (Wildman–Crippen MR) is 115 cm³/mol. The summed E-state index contributed by atoms with van der Waals surface area (Å²) < 4.78 is 40.7. The molecule has 3 aromatic heterocycles. The number of halogens is 4. The van der Waals surface area contributed by atoms with Gasteiger partial charge in [-0.3, -0.25) is 9.48 Å². The molecule has 0 aliphatic rings. The summed E-state index contributed by atoms with van der Waals surface area (Å²) in [6.45, 7) is 1.94. The number of alkyl halides is 3. The van der Waals surface area contributed by atoms with E-state index in [2.05, 4.69) is 15.4 Å². The molecule has 31 heavy (non-hydrogen) atoms. The molecule has 0 spiro atoms. The van der Waals surface area contributed by atoms with Crippen molar-refractivity contribution in [1.29, 1.82) is 0 Å². The lowest BCUT2D eigenvalue weighted by atomic mass is 10.1. The van der Waals surface area contributed by atoms with Crippen molar-refractivity contribution in [1.82, 2.24) is 14.8 Å². The number of aryl methyl sites for hydroxylation is 1. The first kappa shape index (κ1) is 21.1. The lowest BCUT2D eigenvalue weighted by Crippen LogP contribution is -2.13. The van der Waals surface area contributed by atoms with Gasteiger partial charge in [-0.2, -0.15) is 18.3 Å². The number of anilines is 2. The van der Waals surface area contributed by atoms with E-state index in [4.69, 9.17) is 17.3 Å². The summed E-state index contributed by atoms with van der Waals surface area (Å²) in [4.78, 5) is 16.5. The second kappa shape index (κ2) is 7.86. The molecule has 0 unspecified atom stereocenters. The van der Waals surface area contributed by atoms with Crippen molar-refractivity contribution in [3.63, 3.8) is 0 Å². The standard InChI is InChI=1S/C20H15ClF3N5OS/c1-10-7-13(20(22,23)24)26-19-14(10)15(25)16(31-19)18(30)27-17-12(21)9-29(28-17)8-11-5-3-2-4-6-11/h2-7,9H,8,25H2,1H3,(H,27,28,30). The molecule has 0 fully saturated rings. The van der Waals surface area contributed by atoms with Crippen LogP contribution in [0.3, 0.4) is 0 Å². The Morgan fingerprint density at radius 3 is 2.68 bits per heavy atom. The summed E-state index contributed by atoms with van der Waals surface area (Å²) in [5, 5.41) is 7.39. The quantitative estimate of drug-likeness (QED) is 0.425. The van der Waals surface area contributed by atoms with Crippen LogP contribution in [0.1, 0.15) is 26.5 Å². The number of hydrogen-bond donors (Lipinski definition) is 2. The zero-order valence-corrected chi connectivity index (χ0v) is 17.6. The number of fused-ring (bicyclic) bond motifs is 1. The molecule has 4 aromatic rings. The molecule has 4 rings (SSSR count). The first-order chi connectivity index (χ1) is 14.6. The van der Waals surface area contributed by atoms with Gasteiger partial charge in [-0.05, 0) is 24.1 Å². The van der Waals surface area contributed by atoms with Gasteiger partial charge in [-0.25, -0.2) is 4.98 Å².